The molecule has 0 aromatic heterocycles. The van der Waals surface area contributed by atoms with Gasteiger partial charge in [0.2, 0.25) is 0 Å². The van der Waals surface area contributed by atoms with Crippen LogP contribution in [0.1, 0.15) is 57.6 Å². The highest BCUT2D eigenvalue weighted by atomic mass is 16.6. The number of ether oxygens (including phenoxy) is 4. The number of nitrogens with one attached hydrogen (secondary N) is 1. The Balaban J connectivity index is 1.48. The van der Waals surface area contributed by atoms with Gasteiger partial charge in [0.15, 0.2) is 12.2 Å². The Labute approximate surface area is 284 Å². The van der Waals surface area contributed by atoms with Crippen LogP contribution in [0, 0.1) is 11.8 Å². The van der Waals surface area contributed by atoms with Crippen LogP contribution >= 0.6 is 0 Å². The molecule has 2 aromatic carbocycles. The van der Waals surface area contributed by atoms with Crippen LogP contribution in [-0.4, -0.2) is 93.4 Å². The lowest BCUT2D eigenvalue weighted by molar-refractivity contribution is -0.174. The summed E-state index contributed by atoms with van der Waals surface area (Å²) in [5.74, 6) is -1.97. The van der Waals surface area contributed by atoms with Crippen molar-refractivity contribution in [3.8, 4) is 0 Å². The Kier molecular flexibility index (Phi) is 13.8. The Hall–Kier alpha value is -3.96. The van der Waals surface area contributed by atoms with Crippen molar-refractivity contribution in [3.63, 3.8) is 0 Å². The molecule has 4 rings (SSSR count). The first-order valence-electron chi connectivity index (χ1n) is 17.0. The van der Waals surface area contributed by atoms with Crippen molar-refractivity contribution in [2.75, 3.05) is 45.3 Å². The van der Waals surface area contributed by atoms with E-state index < -0.39 is 48.1 Å². The lowest BCUT2D eigenvalue weighted by atomic mass is 10.0. The maximum Gasteiger partial charge on any atom is 0.347 e. The van der Waals surface area contributed by atoms with E-state index in [-0.39, 0.29) is 25.4 Å². The zero-order valence-corrected chi connectivity index (χ0v) is 28.9. The average molecular weight is 666 g/mol. The largest absolute Gasteiger partial charge is 0.458 e. The van der Waals surface area contributed by atoms with Gasteiger partial charge >= 0.3 is 17.9 Å². The number of amides is 1. The standard InChI is InChI=1S/C37H51N3O8/c1-25(2)21-32(37(44)47-26(3)35(42)46-24-29-9-7-6-8-10-29)39(5)34(41)33(48-36(43)31(38-4)22-27-11-12-27)23-28-13-15-30(16-14-28)40-17-19-45-20-18-40/h6-10,13-16,25-27,31-33,38H,11-12,17-24H2,1-5H3/t26-,31+,32+,33-/m1/s1. The SMILES string of the molecule is CN[C@@H](CC1CC1)C(=O)O[C@H](Cc1ccc(N2CCOCC2)cc1)C(=O)N(C)[C@@H](CC(C)C)C(=O)O[C@H](C)C(=O)OCc1ccccc1. The first-order valence-corrected chi connectivity index (χ1v) is 17.0. The monoisotopic (exact) mass is 665 g/mol. The highest BCUT2D eigenvalue weighted by Gasteiger charge is 2.38. The number of carbonyl (C=O) groups is 4. The molecule has 1 aliphatic heterocycles. The minimum absolute atomic E-state index is 0.0130. The second-order valence-electron chi connectivity index (χ2n) is 13.2. The minimum Gasteiger partial charge on any atom is -0.458 e. The molecule has 11 nitrogen and oxygen atoms in total. The number of hydrogen-bond donors (Lipinski definition) is 1. The summed E-state index contributed by atoms with van der Waals surface area (Å²) in [7, 11) is 3.22. The molecular formula is C37H51N3O8. The fourth-order valence-corrected chi connectivity index (χ4v) is 5.69. The molecule has 262 valence electrons. The summed E-state index contributed by atoms with van der Waals surface area (Å²) >= 11 is 0. The minimum atomic E-state index is -1.18. The molecule has 1 amide bonds. The topological polar surface area (TPSA) is 124 Å². The Morgan fingerprint density at radius 3 is 2.17 bits per heavy atom. The van der Waals surface area contributed by atoms with Gasteiger partial charge < -0.3 is 34.1 Å². The highest BCUT2D eigenvalue weighted by molar-refractivity contribution is 5.90. The van der Waals surface area contributed by atoms with E-state index in [9.17, 15) is 19.2 Å². The van der Waals surface area contributed by atoms with Gasteiger partial charge in [-0.15, -0.1) is 0 Å². The van der Waals surface area contributed by atoms with Gasteiger partial charge in [-0.3, -0.25) is 9.59 Å². The molecule has 0 bridgehead atoms. The maximum atomic E-state index is 14.2. The number of rotatable bonds is 17. The molecule has 1 heterocycles. The van der Waals surface area contributed by atoms with Crippen LogP contribution in [0.5, 0.6) is 0 Å². The van der Waals surface area contributed by atoms with Crippen molar-refractivity contribution in [2.24, 2.45) is 11.8 Å². The van der Waals surface area contributed by atoms with Crippen LogP contribution in [0.4, 0.5) is 5.69 Å². The van der Waals surface area contributed by atoms with Crippen molar-refractivity contribution in [3.05, 3.63) is 65.7 Å². The zero-order valence-electron chi connectivity index (χ0n) is 28.9. The van der Waals surface area contributed by atoms with Crippen LogP contribution in [0.3, 0.4) is 0 Å². The molecule has 2 fully saturated rings. The Morgan fingerprint density at radius 2 is 1.56 bits per heavy atom. The van der Waals surface area contributed by atoms with Gasteiger partial charge in [0.25, 0.3) is 5.91 Å². The number of esters is 3. The van der Waals surface area contributed by atoms with Gasteiger partial charge in [0, 0.05) is 32.2 Å². The number of benzene rings is 2. The molecule has 1 saturated heterocycles. The van der Waals surface area contributed by atoms with Crippen molar-refractivity contribution in [1.82, 2.24) is 10.2 Å². The maximum absolute atomic E-state index is 14.2. The Morgan fingerprint density at radius 1 is 0.896 bits per heavy atom. The van der Waals surface area contributed by atoms with Gasteiger partial charge in [-0.2, -0.15) is 0 Å². The van der Waals surface area contributed by atoms with Gasteiger partial charge in [-0.1, -0.05) is 69.2 Å². The second kappa shape index (κ2) is 18.0. The summed E-state index contributed by atoms with van der Waals surface area (Å²) in [6.45, 7) is 8.28. The first kappa shape index (κ1) is 36.9. The van der Waals surface area contributed by atoms with Crippen LogP contribution in [0.25, 0.3) is 0 Å². The van der Waals surface area contributed by atoms with E-state index >= 15 is 0 Å². The quantitative estimate of drug-likeness (QED) is 0.197. The summed E-state index contributed by atoms with van der Waals surface area (Å²) in [5, 5.41) is 3.04. The van der Waals surface area contributed by atoms with E-state index in [1.165, 1.54) is 18.9 Å². The van der Waals surface area contributed by atoms with Crippen molar-refractivity contribution in [1.29, 1.82) is 0 Å². The molecular weight excluding hydrogens is 614 g/mol. The molecule has 4 atom stereocenters. The van der Waals surface area contributed by atoms with Crippen LogP contribution in [-0.2, 0) is 51.2 Å². The van der Waals surface area contributed by atoms with E-state index in [1.807, 2.05) is 68.4 Å². The number of morpholine rings is 1. The number of hydrogen-bond acceptors (Lipinski definition) is 10. The van der Waals surface area contributed by atoms with E-state index in [0.717, 1.165) is 42.7 Å². The van der Waals surface area contributed by atoms with E-state index in [2.05, 4.69) is 10.2 Å². The lowest BCUT2D eigenvalue weighted by Gasteiger charge is -2.32. The lowest BCUT2D eigenvalue weighted by Crippen LogP contribution is -2.51. The third kappa shape index (κ3) is 11.1. The normalized spacial score (nSPS) is 17.2. The molecule has 48 heavy (non-hydrogen) atoms. The number of nitrogens with zero attached hydrogens (tertiary/aromatic N) is 2. The van der Waals surface area contributed by atoms with Gasteiger partial charge in [-0.25, -0.2) is 9.59 Å². The molecule has 2 aromatic rings. The Bertz CT molecular complexity index is 1340. The fraction of sp³-hybridized carbons (Fsp3) is 0.568. The van der Waals surface area contributed by atoms with Gasteiger partial charge in [-0.05, 0) is 61.9 Å². The first-order chi connectivity index (χ1) is 23.0. The molecule has 0 radical (unpaired) electrons. The predicted molar refractivity (Wildman–Crippen MR) is 181 cm³/mol. The summed E-state index contributed by atoms with van der Waals surface area (Å²) in [6.07, 6.45) is 0.833. The second-order valence-corrected chi connectivity index (χ2v) is 13.2. The van der Waals surface area contributed by atoms with E-state index in [1.54, 1.807) is 7.05 Å². The van der Waals surface area contributed by atoms with Crippen molar-refractivity contribution < 1.29 is 38.1 Å². The molecule has 1 saturated carbocycles. The molecule has 0 spiro atoms. The summed E-state index contributed by atoms with van der Waals surface area (Å²) in [6, 6.07) is 15.5. The summed E-state index contributed by atoms with van der Waals surface area (Å²) in [4.78, 5) is 57.3. The predicted octanol–water partition coefficient (Wildman–Crippen LogP) is 3.91. The van der Waals surface area contributed by atoms with Crippen molar-refractivity contribution >= 4 is 29.5 Å². The van der Waals surface area contributed by atoms with Crippen LogP contribution in [0.15, 0.2) is 54.6 Å². The number of anilines is 1. The molecule has 0 unspecified atom stereocenters. The third-order valence-electron chi connectivity index (χ3n) is 8.80. The number of likely N-dealkylation sites (N-methyl/N-ethyl adjacent to an activating group) is 2. The van der Waals surface area contributed by atoms with Gasteiger partial charge in [0.1, 0.15) is 18.7 Å². The van der Waals surface area contributed by atoms with Crippen molar-refractivity contribution in [2.45, 2.75) is 83.8 Å². The smallest absolute Gasteiger partial charge is 0.347 e. The van der Waals surface area contributed by atoms with Crippen LogP contribution in [0.2, 0.25) is 0 Å². The van der Waals surface area contributed by atoms with Gasteiger partial charge in [0.05, 0.1) is 13.2 Å². The third-order valence-corrected chi connectivity index (χ3v) is 8.80. The van der Waals surface area contributed by atoms with Crippen LogP contribution < -0.4 is 10.2 Å². The average Bonchev–Trinajstić information content (AvgIpc) is 3.92. The summed E-state index contributed by atoms with van der Waals surface area (Å²) in [5.41, 5.74) is 2.67. The summed E-state index contributed by atoms with van der Waals surface area (Å²) < 4.78 is 22.3. The number of carbonyl (C=O) groups excluding carboxylic acids is 4. The molecule has 1 aliphatic carbocycles. The highest BCUT2D eigenvalue weighted by Crippen LogP contribution is 2.34. The molecule has 1 N–H and O–H groups in total. The molecule has 11 heteroatoms. The van der Waals surface area contributed by atoms with E-state index in [0.29, 0.717) is 25.6 Å². The molecule has 2 aliphatic rings. The zero-order chi connectivity index (χ0) is 34.6. The fourth-order valence-electron chi connectivity index (χ4n) is 5.69. The van der Waals surface area contributed by atoms with E-state index in [4.69, 9.17) is 18.9 Å².